The van der Waals surface area contributed by atoms with Gasteiger partial charge in [-0.1, -0.05) is 12.1 Å². The molecule has 10 nitrogen and oxygen atoms in total. The summed E-state index contributed by atoms with van der Waals surface area (Å²) < 4.78 is 15.6. The molecule has 0 saturated carbocycles. The average Bonchev–Trinajstić information content (AvgIpc) is 2.63. The lowest BCUT2D eigenvalue weighted by molar-refractivity contribution is 0.0651. The topological polar surface area (TPSA) is 157 Å². The van der Waals surface area contributed by atoms with Crippen LogP contribution in [0.25, 0.3) is 0 Å². The summed E-state index contributed by atoms with van der Waals surface area (Å²) in [5.41, 5.74) is 4.53. The van der Waals surface area contributed by atoms with Crippen molar-refractivity contribution in [1.82, 2.24) is 5.32 Å². The van der Waals surface area contributed by atoms with Gasteiger partial charge in [0.1, 0.15) is 0 Å². The molecule has 0 bridgehead atoms. The Bertz CT molecular complexity index is 566. The second-order valence-corrected chi connectivity index (χ2v) is 7.94. The number of hydrogen-bond donors (Lipinski definition) is 4. The van der Waals surface area contributed by atoms with Gasteiger partial charge in [-0.2, -0.15) is 0 Å². The number of hydrogen-bond acceptors (Lipinski definition) is 6. The number of carbonyl (C=O) groups excluding carboxylic acids is 1. The lowest BCUT2D eigenvalue weighted by Crippen LogP contribution is -2.43. The Morgan fingerprint density at radius 2 is 1.42 bits per heavy atom. The molecule has 0 spiro atoms. The van der Waals surface area contributed by atoms with Crippen molar-refractivity contribution in [3.63, 3.8) is 0 Å². The molecular formula is C15H24N2O8Si. The van der Waals surface area contributed by atoms with Gasteiger partial charge in [-0.25, -0.2) is 14.4 Å². The van der Waals surface area contributed by atoms with Crippen molar-refractivity contribution in [2.45, 2.75) is 12.5 Å². The van der Waals surface area contributed by atoms with E-state index in [9.17, 15) is 14.4 Å². The van der Waals surface area contributed by atoms with Crippen molar-refractivity contribution in [2.75, 3.05) is 27.9 Å². The van der Waals surface area contributed by atoms with Crippen LogP contribution in [-0.2, 0) is 13.3 Å². The Hall–Kier alpha value is -2.47. The molecule has 11 heteroatoms. The van der Waals surface area contributed by atoms with Gasteiger partial charge in [0.15, 0.2) is 0 Å². The van der Waals surface area contributed by atoms with E-state index in [1.54, 1.807) is 21.3 Å². The van der Waals surface area contributed by atoms with E-state index < -0.39 is 26.8 Å². The van der Waals surface area contributed by atoms with E-state index in [1.807, 2.05) is 0 Å². The highest BCUT2D eigenvalue weighted by molar-refractivity contribution is 6.60. The molecular weight excluding hydrogens is 364 g/mol. The minimum Gasteiger partial charge on any atom is -0.478 e. The van der Waals surface area contributed by atoms with Gasteiger partial charge in [0.2, 0.25) is 0 Å². The molecule has 0 aliphatic heterocycles. The third kappa shape index (κ3) is 8.07. The minimum atomic E-state index is -2.48. The van der Waals surface area contributed by atoms with Gasteiger partial charge in [-0.15, -0.1) is 0 Å². The molecule has 0 heterocycles. The van der Waals surface area contributed by atoms with Crippen molar-refractivity contribution in [3.8, 4) is 0 Å². The molecule has 0 aliphatic carbocycles. The first-order chi connectivity index (χ1) is 12.2. The second-order valence-electron chi connectivity index (χ2n) is 4.85. The zero-order valence-electron chi connectivity index (χ0n) is 14.9. The fraction of sp³-hybridized carbons (Fsp3) is 0.400. The smallest absolute Gasteiger partial charge is 0.478 e. The van der Waals surface area contributed by atoms with Gasteiger partial charge in [-0.05, 0) is 18.6 Å². The maximum Gasteiger partial charge on any atom is 0.500 e. The van der Waals surface area contributed by atoms with Crippen molar-refractivity contribution in [3.05, 3.63) is 35.4 Å². The van der Waals surface area contributed by atoms with Crippen LogP contribution in [0.15, 0.2) is 24.3 Å². The lowest BCUT2D eigenvalue weighted by Gasteiger charge is -2.24. The van der Waals surface area contributed by atoms with E-state index in [-0.39, 0.29) is 11.1 Å². The predicted octanol–water partition coefficient (Wildman–Crippen LogP) is 1.01. The normalized spacial score (nSPS) is 10.4. The van der Waals surface area contributed by atoms with Gasteiger partial charge >= 0.3 is 26.8 Å². The molecule has 5 N–H and O–H groups in total. The molecule has 0 atom stereocenters. The number of rotatable bonds is 9. The maximum absolute atomic E-state index is 10.5. The van der Waals surface area contributed by atoms with Crippen molar-refractivity contribution < 1.29 is 37.9 Å². The number of carboxylic acid groups (broad SMARTS) is 2. The monoisotopic (exact) mass is 388 g/mol. The van der Waals surface area contributed by atoms with Gasteiger partial charge in [0.05, 0.1) is 11.1 Å². The van der Waals surface area contributed by atoms with Crippen LogP contribution < -0.4 is 11.1 Å². The molecule has 0 radical (unpaired) electrons. The highest BCUT2D eigenvalue weighted by atomic mass is 28.4. The summed E-state index contributed by atoms with van der Waals surface area (Å²) in [6.45, 7) is 0.500. The number of carbonyl (C=O) groups is 3. The van der Waals surface area contributed by atoms with Crippen molar-refractivity contribution in [2.24, 2.45) is 5.73 Å². The first kappa shape index (κ1) is 23.5. The number of benzene rings is 1. The zero-order valence-corrected chi connectivity index (χ0v) is 15.9. The molecule has 0 aromatic heterocycles. The summed E-state index contributed by atoms with van der Waals surface area (Å²) >= 11 is 0. The molecule has 146 valence electrons. The third-order valence-electron chi connectivity index (χ3n) is 3.28. The van der Waals surface area contributed by atoms with Crippen LogP contribution in [0.5, 0.6) is 0 Å². The van der Waals surface area contributed by atoms with Crippen LogP contribution in [0.1, 0.15) is 27.1 Å². The molecule has 1 rings (SSSR count). The quantitative estimate of drug-likeness (QED) is 0.360. The molecule has 1 aromatic rings. The average molecular weight is 388 g/mol. The number of amides is 2. The van der Waals surface area contributed by atoms with E-state index in [0.29, 0.717) is 19.0 Å². The van der Waals surface area contributed by atoms with Gasteiger partial charge in [-0.3, -0.25) is 0 Å². The van der Waals surface area contributed by atoms with E-state index in [1.165, 1.54) is 24.3 Å². The first-order valence-electron chi connectivity index (χ1n) is 7.47. The SMILES string of the molecule is CO[Si](CCCNC(N)=O)(OC)OC.O=C(O)c1ccccc1C(=O)O. The minimum absolute atomic E-state index is 0.190. The molecule has 0 saturated heterocycles. The van der Waals surface area contributed by atoms with E-state index in [2.05, 4.69) is 5.32 Å². The number of urea groups is 1. The highest BCUT2D eigenvalue weighted by Crippen LogP contribution is 2.14. The number of nitrogens with two attached hydrogens (primary N) is 1. The van der Waals surface area contributed by atoms with Crippen molar-refractivity contribution >= 4 is 26.8 Å². The van der Waals surface area contributed by atoms with Gasteiger partial charge in [0.25, 0.3) is 0 Å². The second kappa shape index (κ2) is 12.0. The Morgan fingerprint density at radius 1 is 1.00 bits per heavy atom. The fourth-order valence-electron chi connectivity index (χ4n) is 1.93. The molecule has 26 heavy (non-hydrogen) atoms. The summed E-state index contributed by atoms with van der Waals surface area (Å²) in [6, 6.07) is 5.60. The largest absolute Gasteiger partial charge is 0.500 e. The molecule has 0 unspecified atom stereocenters. The maximum atomic E-state index is 10.5. The number of carboxylic acids is 2. The van der Waals surface area contributed by atoms with Crippen LogP contribution in [-0.4, -0.2) is 64.9 Å². The van der Waals surface area contributed by atoms with E-state index >= 15 is 0 Å². The van der Waals surface area contributed by atoms with Gasteiger partial charge < -0.3 is 34.5 Å². The van der Waals surface area contributed by atoms with Crippen LogP contribution in [0.2, 0.25) is 6.04 Å². The van der Waals surface area contributed by atoms with Crippen LogP contribution in [0, 0.1) is 0 Å². The lowest BCUT2D eigenvalue weighted by atomic mass is 10.1. The van der Waals surface area contributed by atoms with E-state index in [0.717, 1.165) is 0 Å². The number of primary amides is 1. The Morgan fingerprint density at radius 3 is 1.73 bits per heavy atom. The third-order valence-corrected chi connectivity index (χ3v) is 6.11. The fourth-order valence-corrected chi connectivity index (χ4v) is 3.65. The Kier molecular flexibility index (Phi) is 10.8. The van der Waals surface area contributed by atoms with Crippen LogP contribution in [0.4, 0.5) is 4.79 Å². The first-order valence-corrected chi connectivity index (χ1v) is 9.40. The van der Waals surface area contributed by atoms with Crippen LogP contribution >= 0.6 is 0 Å². The summed E-state index contributed by atoms with van der Waals surface area (Å²) in [5, 5.41) is 19.6. The van der Waals surface area contributed by atoms with E-state index in [4.69, 9.17) is 29.2 Å². The molecule has 2 amide bonds. The summed E-state index contributed by atoms with van der Waals surface area (Å²) in [6.07, 6.45) is 0.713. The Balaban J connectivity index is 0.000000485. The molecule has 1 aromatic carbocycles. The van der Waals surface area contributed by atoms with Crippen LogP contribution in [0.3, 0.4) is 0 Å². The predicted molar refractivity (Wildman–Crippen MR) is 94.2 cm³/mol. The van der Waals surface area contributed by atoms with Crippen molar-refractivity contribution in [1.29, 1.82) is 0 Å². The molecule has 0 fully saturated rings. The summed E-state index contributed by atoms with van der Waals surface area (Å²) in [7, 11) is 2.19. The van der Waals surface area contributed by atoms with Gasteiger partial charge in [0, 0.05) is 33.9 Å². The number of nitrogens with one attached hydrogen (secondary N) is 1. The highest BCUT2D eigenvalue weighted by Gasteiger charge is 2.36. The summed E-state index contributed by atoms with van der Waals surface area (Å²) in [4.78, 5) is 31.3. The zero-order chi connectivity index (χ0) is 20.2. The number of aromatic carboxylic acids is 2. The Labute approximate surface area is 152 Å². The standard InChI is InChI=1S/C8H6O4.C7H18N2O4Si/c9-7(10)5-3-1-2-4-6(5)8(11)12;1-11-14(12-2,13-3)6-4-5-9-7(8)10/h1-4H,(H,9,10)(H,11,12);4-6H2,1-3H3,(H3,8,9,10). The summed E-state index contributed by atoms with van der Waals surface area (Å²) in [5.74, 6) is -2.46. The molecule has 0 aliphatic rings.